The van der Waals surface area contributed by atoms with E-state index < -0.39 is 0 Å². The molecule has 0 atom stereocenters. The molecule has 2 aromatic carbocycles. The Bertz CT molecular complexity index is 830. The van der Waals surface area contributed by atoms with Crippen molar-refractivity contribution in [2.75, 3.05) is 11.6 Å². The number of aromatic nitrogens is 2. The van der Waals surface area contributed by atoms with Crippen LogP contribution in [0.3, 0.4) is 0 Å². The Morgan fingerprint density at radius 1 is 1.00 bits per heavy atom. The number of amides is 1. The van der Waals surface area contributed by atoms with Crippen LogP contribution in [0.2, 0.25) is 0 Å². The van der Waals surface area contributed by atoms with E-state index in [1.165, 1.54) is 5.56 Å². The van der Waals surface area contributed by atoms with E-state index in [1.807, 2.05) is 68.4 Å². The van der Waals surface area contributed by atoms with Gasteiger partial charge in [-0.25, -0.2) is 9.97 Å². The molecule has 0 spiro atoms. The van der Waals surface area contributed by atoms with Crippen LogP contribution in [-0.2, 0) is 0 Å². The lowest BCUT2D eigenvalue weighted by molar-refractivity contribution is 0.0948. The molecular formula is C20H20N4O. The highest BCUT2D eigenvalue weighted by molar-refractivity contribution is 5.94. The van der Waals surface area contributed by atoms with E-state index in [4.69, 9.17) is 0 Å². The number of rotatable bonds is 5. The van der Waals surface area contributed by atoms with E-state index in [-0.39, 0.29) is 5.91 Å². The van der Waals surface area contributed by atoms with Gasteiger partial charge in [-0.3, -0.25) is 15.2 Å². The van der Waals surface area contributed by atoms with Crippen molar-refractivity contribution in [3.63, 3.8) is 0 Å². The smallest absolute Gasteiger partial charge is 0.272 e. The van der Waals surface area contributed by atoms with Crippen LogP contribution in [0.1, 0.15) is 22.8 Å². The van der Waals surface area contributed by atoms with Gasteiger partial charge in [0, 0.05) is 24.5 Å². The molecule has 0 bridgehead atoms. The third kappa shape index (κ3) is 4.01. The van der Waals surface area contributed by atoms with Crippen LogP contribution in [0, 0.1) is 6.92 Å². The topological polar surface area (TPSA) is 58.1 Å². The van der Waals surface area contributed by atoms with E-state index >= 15 is 0 Å². The van der Waals surface area contributed by atoms with Crippen LogP contribution in [0.15, 0.2) is 67.0 Å². The molecule has 0 saturated carbocycles. The van der Waals surface area contributed by atoms with Crippen molar-refractivity contribution >= 4 is 11.6 Å². The summed E-state index contributed by atoms with van der Waals surface area (Å²) in [6.07, 6.45) is 3.10. The maximum atomic E-state index is 12.5. The van der Waals surface area contributed by atoms with Crippen LogP contribution in [-0.4, -0.2) is 22.4 Å². The largest absolute Gasteiger partial charge is 0.286 e. The van der Waals surface area contributed by atoms with Crippen molar-refractivity contribution in [3.8, 4) is 11.4 Å². The summed E-state index contributed by atoms with van der Waals surface area (Å²) in [6, 6.07) is 17.7. The Morgan fingerprint density at radius 3 is 2.24 bits per heavy atom. The number of carbonyl (C=O) groups excluding carboxylic acids is 1. The van der Waals surface area contributed by atoms with Gasteiger partial charge in [0.2, 0.25) is 0 Å². The summed E-state index contributed by atoms with van der Waals surface area (Å²) in [5.74, 6) is 0.366. The summed E-state index contributed by atoms with van der Waals surface area (Å²) in [5.41, 5.74) is 6.34. The van der Waals surface area contributed by atoms with Crippen LogP contribution >= 0.6 is 0 Å². The van der Waals surface area contributed by atoms with Crippen molar-refractivity contribution in [1.82, 2.24) is 15.4 Å². The highest BCUT2D eigenvalue weighted by atomic mass is 16.2. The van der Waals surface area contributed by atoms with Gasteiger partial charge in [0.15, 0.2) is 5.82 Å². The number of aryl methyl sites for hydroxylation is 1. The zero-order valence-corrected chi connectivity index (χ0v) is 14.3. The number of nitrogens with zero attached hydrogens (tertiary/aromatic N) is 3. The monoisotopic (exact) mass is 332 g/mol. The molecule has 0 unspecified atom stereocenters. The fourth-order valence-electron chi connectivity index (χ4n) is 2.42. The second-order valence-electron chi connectivity index (χ2n) is 5.68. The van der Waals surface area contributed by atoms with E-state index in [2.05, 4.69) is 15.4 Å². The number of anilines is 1. The first-order chi connectivity index (χ1) is 12.2. The molecule has 1 heterocycles. The van der Waals surface area contributed by atoms with Gasteiger partial charge in [-0.15, -0.1) is 0 Å². The van der Waals surface area contributed by atoms with Crippen molar-refractivity contribution < 1.29 is 4.79 Å². The minimum atomic E-state index is -0.234. The first-order valence-corrected chi connectivity index (χ1v) is 8.20. The highest BCUT2D eigenvalue weighted by Crippen LogP contribution is 2.15. The Kier molecular flexibility index (Phi) is 5.04. The lowest BCUT2D eigenvalue weighted by atomic mass is 10.2. The Labute approximate surface area is 147 Å². The molecule has 3 aromatic rings. The van der Waals surface area contributed by atoms with Gasteiger partial charge in [-0.1, -0.05) is 48.0 Å². The van der Waals surface area contributed by atoms with Gasteiger partial charge < -0.3 is 0 Å². The van der Waals surface area contributed by atoms with Gasteiger partial charge in [-0.2, -0.15) is 0 Å². The van der Waals surface area contributed by atoms with Crippen LogP contribution in [0.5, 0.6) is 0 Å². The second-order valence-corrected chi connectivity index (χ2v) is 5.68. The lowest BCUT2D eigenvalue weighted by Gasteiger charge is -2.23. The third-order valence-corrected chi connectivity index (χ3v) is 3.84. The Balaban J connectivity index is 1.73. The highest BCUT2D eigenvalue weighted by Gasteiger charge is 2.12. The minimum absolute atomic E-state index is 0.234. The zero-order valence-electron chi connectivity index (χ0n) is 14.3. The molecule has 1 aromatic heterocycles. The Morgan fingerprint density at radius 2 is 1.64 bits per heavy atom. The fraction of sp³-hybridized carbons (Fsp3) is 0.150. The predicted molar refractivity (Wildman–Crippen MR) is 99.1 cm³/mol. The number of hydrogen-bond donors (Lipinski definition) is 1. The minimum Gasteiger partial charge on any atom is -0.286 e. The molecule has 1 amide bonds. The third-order valence-electron chi connectivity index (χ3n) is 3.84. The second kappa shape index (κ2) is 7.57. The molecule has 0 radical (unpaired) electrons. The van der Waals surface area contributed by atoms with E-state index in [0.29, 0.717) is 17.9 Å². The predicted octanol–water partition coefficient (Wildman–Crippen LogP) is 3.62. The van der Waals surface area contributed by atoms with Crippen LogP contribution in [0.4, 0.5) is 5.69 Å². The average Bonchev–Trinajstić information content (AvgIpc) is 2.67. The maximum Gasteiger partial charge on any atom is 0.272 e. The van der Waals surface area contributed by atoms with Gasteiger partial charge in [0.25, 0.3) is 5.91 Å². The zero-order chi connectivity index (χ0) is 17.6. The van der Waals surface area contributed by atoms with E-state index in [9.17, 15) is 4.79 Å². The van der Waals surface area contributed by atoms with Gasteiger partial charge in [0.05, 0.1) is 11.3 Å². The van der Waals surface area contributed by atoms with E-state index in [1.54, 1.807) is 17.4 Å². The number of nitrogens with one attached hydrogen (secondary N) is 1. The first kappa shape index (κ1) is 16.6. The van der Waals surface area contributed by atoms with Crippen molar-refractivity contribution in [3.05, 3.63) is 78.1 Å². The van der Waals surface area contributed by atoms with Crippen LogP contribution < -0.4 is 10.4 Å². The summed E-state index contributed by atoms with van der Waals surface area (Å²) in [7, 11) is 0. The molecule has 5 nitrogen and oxygen atoms in total. The molecular weight excluding hydrogens is 312 g/mol. The molecule has 0 saturated heterocycles. The van der Waals surface area contributed by atoms with Crippen molar-refractivity contribution in [1.29, 1.82) is 0 Å². The summed E-state index contributed by atoms with van der Waals surface area (Å²) < 4.78 is 0. The molecule has 5 heteroatoms. The number of hydrazine groups is 1. The number of hydrogen-bond acceptors (Lipinski definition) is 4. The molecule has 0 fully saturated rings. The van der Waals surface area contributed by atoms with Crippen molar-refractivity contribution in [2.45, 2.75) is 13.8 Å². The normalized spacial score (nSPS) is 10.3. The molecule has 0 aliphatic rings. The molecule has 1 N–H and O–H groups in total. The number of carbonyl (C=O) groups is 1. The SMILES string of the molecule is CCN(NC(=O)c1cnc(-c2ccccc2)nc1)c1ccc(C)cc1. The fourth-order valence-corrected chi connectivity index (χ4v) is 2.42. The molecule has 3 rings (SSSR count). The van der Waals surface area contributed by atoms with Gasteiger partial charge in [0.1, 0.15) is 0 Å². The quantitative estimate of drug-likeness (QED) is 0.725. The summed E-state index contributed by atoms with van der Waals surface area (Å²) >= 11 is 0. The maximum absolute atomic E-state index is 12.5. The van der Waals surface area contributed by atoms with Gasteiger partial charge >= 0.3 is 0 Å². The Hall–Kier alpha value is -3.21. The van der Waals surface area contributed by atoms with Gasteiger partial charge in [-0.05, 0) is 26.0 Å². The summed E-state index contributed by atoms with van der Waals surface area (Å²) in [4.78, 5) is 21.1. The van der Waals surface area contributed by atoms with E-state index in [0.717, 1.165) is 11.3 Å². The lowest BCUT2D eigenvalue weighted by Crippen LogP contribution is -2.42. The molecule has 0 aliphatic heterocycles. The summed E-state index contributed by atoms with van der Waals surface area (Å²) in [5, 5.41) is 1.80. The summed E-state index contributed by atoms with van der Waals surface area (Å²) in [6.45, 7) is 4.66. The number of benzene rings is 2. The standard InChI is InChI=1S/C20H20N4O/c1-3-24(18-11-9-15(2)10-12-18)23-20(25)17-13-21-19(22-14-17)16-7-5-4-6-8-16/h4-14H,3H2,1-2H3,(H,23,25). The van der Waals surface area contributed by atoms with Crippen molar-refractivity contribution in [2.24, 2.45) is 0 Å². The molecule has 126 valence electrons. The average molecular weight is 332 g/mol. The molecule has 25 heavy (non-hydrogen) atoms. The molecule has 0 aliphatic carbocycles. The first-order valence-electron chi connectivity index (χ1n) is 8.20. The van der Waals surface area contributed by atoms with Crippen LogP contribution in [0.25, 0.3) is 11.4 Å².